The van der Waals surface area contributed by atoms with Gasteiger partial charge in [0.2, 0.25) is 0 Å². The Kier molecular flexibility index (Phi) is 2.95. The Balaban J connectivity index is 2.45. The van der Waals surface area contributed by atoms with E-state index in [0.717, 1.165) is 19.3 Å². The number of hydrogen-bond donors (Lipinski definition) is 2. The van der Waals surface area contributed by atoms with Crippen LogP contribution in [-0.2, 0) is 0 Å². The summed E-state index contributed by atoms with van der Waals surface area (Å²) in [6, 6.07) is 0.318. The van der Waals surface area contributed by atoms with E-state index in [1.165, 1.54) is 6.42 Å². The molecule has 1 aliphatic rings. The highest BCUT2D eigenvalue weighted by Crippen LogP contribution is 2.13. The molecule has 0 aliphatic heterocycles. The molecule has 0 aromatic heterocycles. The summed E-state index contributed by atoms with van der Waals surface area (Å²) in [5.41, 5.74) is 10.6. The summed E-state index contributed by atoms with van der Waals surface area (Å²) in [6.07, 6.45) is 8.80. The van der Waals surface area contributed by atoms with Gasteiger partial charge in [0.25, 0.3) is 0 Å². The standard InChI is InChI=1S/C8H15N3/c9-8(10)11-7-5-3-1-2-4-6-7/h1,3,7H,2,4-6H2,(H4,9,10,11). The molecule has 1 aliphatic carbocycles. The van der Waals surface area contributed by atoms with Gasteiger partial charge in [0.15, 0.2) is 5.96 Å². The molecular weight excluding hydrogens is 138 g/mol. The Morgan fingerprint density at radius 1 is 1.36 bits per heavy atom. The molecular formula is C8H15N3. The van der Waals surface area contributed by atoms with Crippen LogP contribution in [0, 0.1) is 0 Å². The van der Waals surface area contributed by atoms with Gasteiger partial charge >= 0.3 is 0 Å². The van der Waals surface area contributed by atoms with Crippen LogP contribution in [0.2, 0.25) is 0 Å². The third-order valence-corrected chi connectivity index (χ3v) is 1.81. The Morgan fingerprint density at radius 2 is 2.18 bits per heavy atom. The molecule has 11 heavy (non-hydrogen) atoms. The van der Waals surface area contributed by atoms with Gasteiger partial charge in [-0.15, -0.1) is 0 Å². The summed E-state index contributed by atoms with van der Waals surface area (Å²) < 4.78 is 0. The molecule has 0 heterocycles. The molecule has 3 nitrogen and oxygen atoms in total. The van der Waals surface area contributed by atoms with E-state index in [0.29, 0.717) is 6.04 Å². The molecule has 0 spiro atoms. The fourth-order valence-corrected chi connectivity index (χ4v) is 1.29. The lowest BCUT2D eigenvalue weighted by atomic mass is 10.1. The first kappa shape index (κ1) is 8.11. The number of nitrogens with zero attached hydrogens (tertiary/aromatic N) is 1. The molecule has 0 radical (unpaired) electrons. The maximum absolute atomic E-state index is 5.28. The number of aliphatic imine (C=N–C) groups is 1. The Bertz CT molecular complexity index is 168. The van der Waals surface area contributed by atoms with Crippen LogP contribution in [0.4, 0.5) is 0 Å². The van der Waals surface area contributed by atoms with Crippen LogP contribution >= 0.6 is 0 Å². The lowest BCUT2D eigenvalue weighted by Crippen LogP contribution is -2.25. The van der Waals surface area contributed by atoms with Crippen LogP contribution in [0.15, 0.2) is 17.1 Å². The first-order valence-electron chi connectivity index (χ1n) is 4.03. The van der Waals surface area contributed by atoms with Crippen LogP contribution in [0.1, 0.15) is 25.7 Å². The zero-order valence-electron chi connectivity index (χ0n) is 6.66. The minimum Gasteiger partial charge on any atom is -0.370 e. The molecule has 1 unspecified atom stereocenters. The predicted octanol–water partition coefficient (Wildman–Crippen LogP) is 0.759. The topological polar surface area (TPSA) is 64.4 Å². The van der Waals surface area contributed by atoms with Crippen LogP contribution in [0.25, 0.3) is 0 Å². The van der Waals surface area contributed by atoms with Crippen molar-refractivity contribution in [2.45, 2.75) is 31.7 Å². The number of rotatable bonds is 1. The average Bonchev–Trinajstić information content (AvgIpc) is 2.14. The summed E-state index contributed by atoms with van der Waals surface area (Å²) in [7, 11) is 0. The van der Waals surface area contributed by atoms with E-state index in [-0.39, 0.29) is 5.96 Å². The summed E-state index contributed by atoms with van der Waals surface area (Å²) in [4.78, 5) is 4.12. The summed E-state index contributed by atoms with van der Waals surface area (Å²) in [5, 5.41) is 0. The molecule has 0 saturated carbocycles. The summed E-state index contributed by atoms with van der Waals surface area (Å²) in [5.74, 6) is 0.213. The molecule has 1 atom stereocenters. The van der Waals surface area contributed by atoms with Gasteiger partial charge in [-0.1, -0.05) is 12.2 Å². The van der Waals surface area contributed by atoms with E-state index < -0.39 is 0 Å². The van der Waals surface area contributed by atoms with Crippen LogP contribution in [-0.4, -0.2) is 12.0 Å². The van der Waals surface area contributed by atoms with Crippen molar-refractivity contribution in [1.29, 1.82) is 0 Å². The van der Waals surface area contributed by atoms with Crippen molar-refractivity contribution in [3.63, 3.8) is 0 Å². The monoisotopic (exact) mass is 153 g/mol. The van der Waals surface area contributed by atoms with Gasteiger partial charge in [-0.3, -0.25) is 0 Å². The van der Waals surface area contributed by atoms with E-state index in [4.69, 9.17) is 11.5 Å². The zero-order chi connectivity index (χ0) is 8.10. The van der Waals surface area contributed by atoms with E-state index in [1.807, 2.05) is 0 Å². The smallest absolute Gasteiger partial charge is 0.186 e. The molecule has 62 valence electrons. The first-order valence-corrected chi connectivity index (χ1v) is 4.03. The molecule has 1 rings (SSSR count). The van der Waals surface area contributed by atoms with Gasteiger partial charge in [-0.05, 0) is 25.7 Å². The first-order chi connectivity index (χ1) is 5.29. The highest BCUT2D eigenvalue weighted by molar-refractivity contribution is 5.75. The highest BCUT2D eigenvalue weighted by Gasteiger charge is 2.06. The SMILES string of the molecule is NC(N)=NC1CC=CCCC1. The van der Waals surface area contributed by atoms with Gasteiger partial charge < -0.3 is 11.5 Å². The van der Waals surface area contributed by atoms with Crippen molar-refractivity contribution >= 4 is 5.96 Å². The van der Waals surface area contributed by atoms with Crippen LogP contribution in [0.5, 0.6) is 0 Å². The number of guanidine groups is 1. The molecule has 0 bridgehead atoms. The van der Waals surface area contributed by atoms with E-state index in [9.17, 15) is 0 Å². The van der Waals surface area contributed by atoms with Gasteiger partial charge in [0.1, 0.15) is 0 Å². The number of hydrogen-bond acceptors (Lipinski definition) is 1. The van der Waals surface area contributed by atoms with Gasteiger partial charge in [0, 0.05) is 0 Å². The second-order valence-electron chi connectivity index (χ2n) is 2.85. The molecule has 0 saturated heterocycles. The Hall–Kier alpha value is -0.990. The second kappa shape index (κ2) is 4.01. The van der Waals surface area contributed by atoms with Crippen LogP contribution < -0.4 is 11.5 Å². The molecule has 4 N–H and O–H groups in total. The lowest BCUT2D eigenvalue weighted by Gasteiger charge is -2.06. The van der Waals surface area contributed by atoms with Crippen LogP contribution in [0.3, 0.4) is 0 Å². The molecule has 3 heteroatoms. The third kappa shape index (κ3) is 3.07. The maximum atomic E-state index is 5.28. The third-order valence-electron chi connectivity index (χ3n) is 1.81. The van der Waals surface area contributed by atoms with E-state index >= 15 is 0 Å². The normalized spacial score (nSPS) is 24.2. The van der Waals surface area contributed by atoms with Gasteiger partial charge in [-0.2, -0.15) is 0 Å². The average molecular weight is 153 g/mol. The molecule has 0 amide bonds. The summed E-state index contributed by atoms with van der Waals surface area (Å²) >= 11 is 0. The van der Waals surface area contributed by atoms with Crippen molar-refractivity contribution < 1.29 is 0 Å². The minimum absolute atomic E-state index is 0.213. The minimum atomic E-state index is 0.213. The van der Waals surface area contributed by atoms with Crippen molar-refractivity contribution in [2.75, 3.05) is 0 Å². The number of nitrogens with two attached hydrogens (primary N) is 2. The zero-order valence-corrected chi connectivity index (χ0v) is 6.66. The lowest BCUT2D eigenvalue weighted by molar-refractivity contribution is 0.609. The molecule has 0 fully saturated rings. The van der Waals surface area contributed by atoms with Gasteiger partial charge in [0.05, 0.1) is 6.04 Å². The number of allylic oxidation sites excluding steroid dienone is 1. The predicted molar refractivity (Wildman–Crippen MR) is 47.2 cm³/mol. The fraction of sp³-hybridized carbons (Fsp3) is 0.625. The second-order valence-corrected chi connectivity index (χ2v) is 2.85. The van der Waals surface area contributed by atoms with Gasteiger partial charge in [-0.25, -0.2) is 4.99 Å². The highest BCUT2D eigenvalue weighted by atomic mass is 15.0. The van der Waals surface area contributed by atoms with E-state index in [1.54, 1.807) is 0 Å². The van der Waals surface area contributed by atoms with E-state index in [2.05, 4.69) is 17.1 Å². The Labute approximate surface area is 67.2 Å². The maximum Gasteiger partial charge on any atom is 0.186 e. The van der Waals surface area contributed by atoms with Crippen molar-refractivity contribution in [1.82, 2.24) is 0 Å². The molecule has 0 aromatic rings. The Morgan fingerprint density at radius 3 is 2.91 bits per heavy atom. The van der Waals surface area contributed by atoms with Crippen molar-refractivity contribution in [3.8, 4) is 0 Å². The molecule has 0 aromatic carbocycles. The van der Waals surface area contributed by atoms with Crippen molar-refractivity contribution in [3.05, 3.63) is 12.2 Å². The fourth-order valence-electron chi connectivity index (χ4n) is 1.29. The van der Waals surface area contributed by atoms with Crippen molar-refractivity contribution in [2.24, 2.45) is 16.5 Å². The largest absolute Gasteiger partial charge is 0.370 e. The summed E-state index contributed by atoms with van der Waals surface area (Å²) in [6.45, 7) is 0. The quantitative estimate of drug-likeness (QED) is 0.332.